The van der Waals surface area contributed by atoms with E-state index < -0.39 is 0 Å². The van der Waals surface area contributed by atoms with E-state index >= 15 is 0 Å². The van der Waals surface area contributed by atoms with E-state index in [0.717, 1.165) is 50.8 Å². The Kier molecular flexibility index (Phi) is 3.71. The zero-order valence-corrected chi connectivity index (χ0v) is 14.6. The third-order valence-corrected chi connectivity index (χ3v) is 7.25. The summed E-state index contributed by atoms with van der Waals surface area (Å²) in [4.78, 5) is 30.2. The Labute approximate surface area is 141 Å². The molecule has 0 radical (unpaired) electrons. The van der Waals surface area contributed by atoms with E-state index in [1.165, 1.54) is 23.3 Å². The summed E-state index contributed by atoms with van der Waals surface area (Å²) >= 11 is 1.76. The molecule has 0 bridgehead atoms. The van der Waals surface area contributed by atoms with E-state index in [-0.39, 0.29) is 17.4 Å². The Morgan fingerprint density at radius 2 is 1.87 bits per heavy atom. The van der Waals surface area contributed by atoms with E-state index in [4.69, 9.17) is 0 Å². The second-order valence-corrected chi connectivity index (χ2v) is 8.19. The molecule has 3 heterocycles. The summed E-state index contributed by atoms with van der Waals surface area (Å²) in [5.74, 6) is 0.475. The Bertz CT molecular complexity index is 643. The van der Waals surface area contributed by atoms with Gasteiger partial charge in [-0.1, -0.05) is 0 Å². The van der Waals surface area contributed by atoms with Gasteiger partial charge in [-0.25, -0.2) is 0 Å². The average Bonchev–Trinajstić information content (AvgIpc) is 3.13. The molecule has 2 fully saturated rings. The third kappa shape index (κ3) is 2.40. The molecule has 0 saturated carbocycles. The quantitative estimate of drug-likeness (QED) is 0.793. The van der Waals surface area contributed by atoms with Crippen LogP contribution in [0.5, 0.6) is 0 Å². The molecular weight excluding hydrogens is 308 g/mol. The summed E-state index contributed by atoms with van der Waals surface area (Å²) < 4.78 is 0. The van der Waals surface area contributed by atoms with Crippen molar-refractivity contribution in [3.8, 4) is 0 Å². The molecular formula is C18H24N2O2S. The number of rotatable bonds is 1. The van der Waals surface area contributed by atoms with Gasteiger partial charge in [0.05, 0.1) is 5.56 Å². The van der Waals surface area contributed by atoms with Crippen molar-refractivity contribution < 1.29 is 9.59 Å². The molecule has 4 rings (SSSR count). The molecule has 2 aliphatic heterocycles. The van der Waals surface area contributed by atoms with Crippen LogP contribution in [0.1, 0.15) is 59.3 Å². The molecule has 0 unspecified atom stereocenters. The summed E-state index contributed by atoms with van der Waals surface area (Å²) in [6, 6.07) is 0. The van der Waals surface area contributed by atoms with Gasteiger partial charge in [-0.2, -0.15) is 0 Å². The van der Waals surface area contributed by atoms with Gasteiger partial charge in [0.25, 0.3) is 5.91 Å². The number of aryl methyl sites for hydroxylation is 1. The maximum atomic E-state index is 12.9. The van der Waals surface area contributed by atoms with Gasteiger partial charge in [-0.15, -0.1) is 11.3 Å². The van der Waals surface area contributed by atoms with Crippen LogP contribution in [-0.2, 0) is 17.6 Å². The fourth-order valence-electron chi connectivity index (χ4n) is 4.49. The third-order valence-electron chi connectivity index (χ3n) is 6.16. The molecule has 3 aliphatic rings. The second-order valence-electron chi connectivity index (χ2n) is 7.23. The van der Waals surface area contributed by atoms with E-state index in [1.54, 1.807) is 11.3 Å². The van der Waals surface area contributed by atoms with Crippen molar-refractivity contribution in [1.29, 1.82) is 0 Å². The second kappa shape index (κ2) is 5.62. The zero-order chi connectivity index (χ0) is 16.0. The van der Waals surface area contributed by atoms with Crippen molar-refractivity contribution in [1.82, 2.24) is 9.80 Å². The number of piperidine rings is 1. The minimum atomic E-state index is 0.0158. The highest BCUT2D eigenvalue weighted by Crippen LogP contribution is 2.39. The Morgan fingerprint density at radius 1 is 1.13 bits per heavy atom. The van der Waals surface area contributed by atoms with Crippen LogP contribution in [0.2, 0.25) is 0 Å². The lowest BCUT2D eigenvalue weighted by Crippen LogP contribution is -2.52. The van der Waals surface area contributed by atoms with Gasteiger partial charge in [0.15, 0.2) is 0 Å². The largest absolute Gasteiger partial charge is 0.340 e. The molecule has 0 aromatic carbocycles. The van der Waals surface area contributed by atoms with Crippen LogP contribution >= 0.6 is 11.3 Å². The molecule has 124 valence electrons. The van der Waals surface area contributed by atoms with Crippen molar-refractivity contribution >= 4 is 23.2 Å². The Balaban J connectivity index is 1.47. The number of fused-ring (bicyclic) bond motifs is 1. The highest BCUT2D eigenvalue weighted by atomic mass is 32.1. The van der Waals surface area contributed by atoms with Gasteiger partial charge < -0.3 is 9.80 Å². The minimum Gasteiger partial charge on any atom is -0.340 e. The highest BCUT2D eigenvalue weighted by Gasteiger charge is 2.45. The predicted molar refractivity (Wildman–Crippen MR) is 90.8 cm³/mol. The van der Waals surface area contributed by atoms with Gasteiger partial charge in [0, 0.05) is 42.4 Å². The van der Waals surface area contributed by atoms with Crippen molar-refractivity contribution in [2.75, 3.05) is 20.1 Å². The van der Waals surface area contributed by atoms with Crippen LogP contribution < -0.4 is 0 Å². The predicted octanol–water partition coefficient (Wildman–Crippen LogP) is 2.85. The number of likely N-dealkylation sites (tertiary alicyclic amines) is 2. The van der Waals surface area contributed by atoms with Gasteiger partial charge in [-0.05, 0) is 50.5 Å². The number of amides is 2. The molecule has 5 heteroatoms. The average molecular weight is 332 g/mol. The maximum Gasteiger partial charge on any atom is 0.254 e. The topological polar surface area (TPSA) is 40.6 Å². The molecule has 0 N–H and O–H groups in total. The summed E-state index contributed by atoms with van der Waals surface area (Å²) in [6.07, 6.45) is 8.15. The number of hydrogen-bond donors (Lipinski definition) is 0. The monoisotopic (exact) mass is 332 g/mol. The smallest absolute Gasteiger partial charge is 0.254 e. The Hall–Kier alpha value is -1.36. The Morgan fingerprint density at radius 3 is 2.57 bits per heavy atom. The van der Waals surface area contributed by atoms with Crippen LogP contribution in [0.15, 0.2) is 5.38 Å². The first kappa shape index (κ1) is 15.2. The normalized spacial score (nSPS) is 23.4. The zero-order valence-electron chi connectivity index (χ0n) is 13.8. The molecule has 2 amide bonds. The highest BCUT2D eigenvalue weighted by molar-refractivity contribution is 7.10. The SMILES string of the molecule is CN1C(=O)CCC12CCN(C(=O)c1csc3c1CCCC3)CC2. The van der Waals surface area contributed by atoms with E-state index in [2.05, 4.69) is 5.38 Å². The molecule has 4 nitrogen and oxygen atoms in total. The number of carbonyl (C=O) groups excluding carboxylic acids is 2. The fourth-order valence-corrected chi connectivity index (χ4v) is 5.61. The van der Waals surface area contributed by atoms with Crippen molar-refractivity contribution in [3.05, 3.63) is 21.4 Å². The summed E-state index contributed by atoms with van der Waals surface area (Å²) in [7, 11) is 1.93. The van der Waals surface area contributed by atoms with Crippen LogP contribution in [0.4, 0.5) is 0 Å². The van der Waals surface area contributed by atoms with Crippen LogP contribution in [0, 0.1) is 0 Å². The van der Waals surface area contributed by atoms with E-state index in [1.807, 2.05) is 16.8 Å². The lowest BCUT2D eigenvalue weighted by molar-refractivity contribution is -0.130. The first-order valence-electron chi connectivity index (χ1n) is 8.76. The number of carbonyl (C=O) groups is 2. The van der Waals surface area contributed by atoms with Crippen LogP contribution in [-0.4, -0.2) is 47.3 Å². The number of thiophene rings is 1. The van der Waals surface area contributed by atoms with Gasteiger partial charge in [-0.3, -0.25) is 9.59 Å². The first-order chi connectivity index (χ1) is 11.1. The summed E-state index contributed by atoms with van der Waals surface area (Å²) in [5, 5.41) is 2.08. The van der Waals surface area contributed by atoms with Gasteiger partial charge >= 0.3 is 0 Å². The van der Waals surface area contributed by atoms with E-state index in [0.29, 0.717) is 6.42 Å². The summed E-state index contributed by atoms with van der Waals surface area (Å²) in [6.45, 7) is 1.56. The molecule has 23 heavy (non-hydrogen) atoms. The van der Waals surface area contributed by atoms with E-state index in [9.17, 15) is 9.59 Å². The molecule has 2 saturated heterocycles. The fraction of sp³-hybridized carbons (Fsp3) is 0.667. The van der Waals surface area contributed by atoms with Crippen LogP contribution in [0.25, 0.3) is 0 Å². The maximum absolute atomic E-state index is 12.9. The van der Waals surface area contributed by atoms with Gasteiger partial charge in [0.2, 0.25) is 5.91 Å². The molecule has 1 aromatic heterocycles. The minimum absolute atomic E-state index is 0.0158. The van der Waals surface area contributed by atoms with Crippen molar-refractivity contribution in [2.24, 2.45) is 0 Å². The lowest BCUT2D eigenvalue weighted by atomic mass is 9.85. The van der Waals surface area contributed by atoms with Gasteiger partial charge in [0.1, 0.15) is 0 Å². The molecule has 0 atom stereocenters. The standard InChI is InChI=1S/C18H24N2O2S/c1-19-16(21)6-7-18(19)8-10-20(11-9-18)17(22)14-12-23-15-5-3-2-4-13(14)15/h12H,2-11H2,1H3. The van der Waals surface area contributed by atoms with Crippen LogP contribution in [0.3, 0.4) is 0 Å². The summed E-state index contributed by atoms with van der Waals surface area (Å²) in [5.41, 5.74) is 2.29. The molecule has 1 aliphatic carbocycles. The van der Waals surface area contributed by atoms with Crippen molar-refractivity contribution in [3.63, 3.8) is 0 Å². The molecule has 1 spiro atoms. The lowest BCUT2D eigenvalue weighted by Gasteiger charge is -2.43. The first-order valence-corrected chi connectivity index (χ1v) is 9.64. The molecule has 1 aromatic rings. The number of nitrogens with zero attached hydrogens (tertiary/aromatic N) is 2. The van der Waals surface area contributed by atoms with Crippen molar-refractivity contribution in [2.45, 2.75) is 56.9 Å². The number of hydrogen-bond acceptors (Lipinski definition) is 3.